The zero-order valence-corrected chi connectivity index (χ0v) is 13.4. The number of carboxylic acids is 1. The molecule has 7 heteroatoms. The van der Waals surface area contributed by atoms with Crippen LogP contribution in [0.5, 0.6) is 0 Å². The van der Waals surface area contributed by atoms with Crippen LogP contribution in [-0.2, 0) is 10.0 Å². The maximum absolute atomic E-state index is 12.4. The summed E-state index contributed by atoms with van der Waals surface area (Å²) in [5, 5.41) is 9.31. The molecule has 0 saturated heterocycles. The summed E-state index contributed by atoms with van der Waals surface area (Å²) in [6, 6.07) is 6.70. The Labute approximate surface area is 127 Å². The number of hydrogen-bond donors (Lipinski definition) is 2. The molecule has 2 N–H and O–H groups in total. The highest BCUT2D eigenvalue weighted by Gasteiger charge is 2.20. The van der Waals surface area contributed by atoms with Crippen LogP contribution >= 0.6 is 11.3 Å². The summed E-state index contributed by atoms with van der Waals surface area (Å²) in [5.41, 5.74) is 2.01. The van der Waals surface area contributed by atoms with Crippen LogP contribution in [0, 0.1) is 20.8 Å². The summed E-state index contributed by atoms with van der Waals surface area (Å²) in [7, 11) is -3.73. The molecule has 0 aliphatic rings. The molecule has 0 saturated carbocycles. The fraction of sp³-hybridized carbons (Fsp3) is 0.214. The molecule has 2 aromatic rings. The van der Waals surface area contributed by atoms with E-state index in [-0.39, 0.29) is 9.77 Å². The molecule has 5 nitrogen and oxygen atoms in total. The van der Waals surface area contributed by atoms with Crippen LogP contribution < -0.4 is 4.72 Å². The first kappa shape index (κ1) is 15.5. The van der Waals surface area contributed by atoms with Crippen LogP contribution in [0.1, 0.15) is 26.4 Å². The number of rotatable bonds is 4. The van der Waals surface area contributed by atoms with Crippen molar-refractivity contribution in [1.29, 1.82) is 0 Å². The molecule has 0 atom stereocenters. The monoisotopic (exact) mass is 325 g/mol. The van der Waals surface area contributed by atoms with Crippen molar-refractivity contribution < 1.29 is 18.3 Å². The molecule has 0 spiro atoms. The van der Waals surface area contributed by atoms with Crippen molar-refractivity contribution in [3.05, 3.63) is 45.8 Å². The lowest BCUT2D eigenvalue weighted by Crippen LogP contribution is -2.13. The average molecular weight is 325 g/mol. The van der Waals surface area contributed by atoms with Crippen molar-refractivity contribution in [2.45, 2.75) is 25.7 Å². The molecule has 0 fully saturated rings. The number of anilines is 1. The Morgan fingerprint density at radius 1 is 1.14 bits per heavy atom. The SMILES string of the molecule is Cc1ccc(C)c(S(=O)(=O)Nc2cc(C)c(C(=O)O)s2)c1. The fourth-order valence-corrected chi connectivity index (χ4v) is 4.45. The van der Waals surface area contributed by atoms with Gasteiger partial charge in [0.2, 0.25) is 0 Å². The molecule has 1 aromatic carbocycles. The maximum Gasteiger partial charge on any atom is 0.346 e. The molecule has 0 radical (unpaired) electrons. The van der Waals surface area contributed by atoms with Crippen LogP contribution in [0.3, 0.4) is 0 Å². The van der Waals surface area contributed by atoms with Crippen molar-refractivity contribution in [1.82, 2.24) is 0 Å². The number of nitrogens with one attached hydrogen (secondary N) is 1. The summed E-state index contributed by atoms with van der Waals surface area (Å²) < 4.78 is 27.3. The predicted molar refractivity (Wildman–Crippen MR) is 82.7 cm³/mol. The van der Waals surface area contributed by atoms with E-state index in [0.717, 1.165) is 16.9 Å². The van der Waals surface area contributed by atoms with E-state index < -0.39 is 16.0 Å². The zero-order valence-electron chi connectivity index (χ0n) is 11.8. The van der Waals surface area contributed by atoms with Gasteiger partial charge in [-0.2, -0.15) is 0 Å². The molecule has 1 heterocycles. The van der Waals surface area contributed by atoms with Gasteiger partial charge in [-0.25, -0.2) is 13.2 Å². The van der Waals surface area contributed by atoms with Gasteiger partial charge in [0.25, 0.3) is 10.0 Å². The smallest absolute Gasteiger partial charge is 0.346 e. The van der Waals surface area contributed by atoms with Gasteiger partial charge in [-0.1, -0.05) is 12.1 Å². The Balaban J connectivity index is 2.40. The van der Waals surface area contributed by atoms with Crippen molar-refractivity contribution in [2.75, 3.05) is 4.72 Å². The van der Waals surface area contributed by atoms with Crippen molar-refractivity contribution in [2.24, 2.45) is 0 Å². The number of carbonyl (C=O) groups is 1. The Hall–Kier alpha value is -1.86. The van der Waals surface area contributed by atoms with Gasteiger partial charge in [-0.15, -0.1) is 11.3 Å². The molecule has 0 amide bonds. The van der Waals surface area contributed by atoms with Crippen LogP contribution in [0.2, 0.25) is 0 Å². The van der Waals surface area contributed by atoms with Crippen molar-refractivity contribution in [3.63, 3.8) is 0 Å². The van der Waals surface area contributed by atoms with Crippen LogP contribution in [0.25, 0.3) is 0 Å². The van der Waals surface area contributed by atoms with Gasteiger partial charge in [0.05, 0.1) is 4.90 Å². The van der Waals surface area contributed by atoms with Gasteiger partial charge < -0.3 is 5.11 Å². The van der Waals surface area contributed by atoms with E-state index in [9.17, 15) is 13.2 Å². The second kappa shape index (κ2) is 5.50. The summed E-state index contributed by atoms with van der Waals surface area (Å²) in [4.78, 5) is 11.3. The Kier molecular flexibility index (Phi) is 4.06. The minimum absolute atomic E-state index is 0.133. The first-order chi connectivity index (χ1) is 9.70. The number of aromatic carboxylic acids is 1. The number of carboxylic acid groups (broad SMARTS) is 1. The molecular formula is C14H15NO4S2. The molecular weight excluding hydrogens is 310 g/mol. The molecule has 1 aromatic heterocycles. The van der Waals surface area contributed by atoms with E-state index in [1.807, 2.05) is 13.0 Å². The first-order valence-corrected chi connectivity index (χ1v) is 8.44. The van der Waals surface area contributed by atoms with E-state index in [4.69, 9.17) is 5.11 Å². The minimum atomic E-state index is -3.73. The first-order valence-electron chi connectivity index (χ1n) is 6.14. The highest BCUT2D eigenvalue weighted by atomic mass is 32.2. The highest BCUT2D eigenvalue weighted by molar-refractivity contribution is 7.93. The third kappa shape index (κ3) is 3.25. The highest BCUT2D eigenvalue weighted by Crippen LogP contribution is 2.29. The number of benzene rings is 1. The van der Waals surface area contributed by atoms with E-state index in [2.05, 4.69) is 4.72 Å². The molecule has 0 aliphatic heterocycles. The van der Waals surface area contributed by atoms with Crippen molar-refractivity contribution in [3.8, 4) is 0 Å². The molecule has 0 unspecified atom stereocenters. The lowest BCUT2D eigenvalue weighted by Gasteiger charge is -2.09. The molecule has 0 bridgehead atoms. The molecule has 112 valence electrons. The van der Waals surface area contributed by atoms with Crippen LogP contribution in [0.15, 0.2) is 29.2 Å². The molecule has 2 rings (SSSR count). The number of hydrogen-bond acceptors (Lipinski definition) is 4. The van der Waals surface area contributed by atoms with Gasteiger partial charge in [0, 0.05) is 0 Å². The van der Waals surface area contributed by atoms with Crippen molar-refractivity contribution >= 4 is 32.3 Å². The summed E-state index contributed by atoms with van der Waals surface area (Å²) >= 11 is 0.909. The lowest BCUT2D eigenvalue weighted by atomic mass is 10.2. The molecule has 0 aliphatic carbocycles. The van der Waals surface area contributed by atoms with E-state index in [0.29, 0.717) is 16.1 Å². The third-order valence-corrected chi connectivity index (χ3v) is 5.76. The summed E-state index contributed by atoms with van der Waals surface area (Å²) in [6.07, 6.45) is 0. The fourth-order valence-electron chi connectivity index (χ4n) is 1.93. The lowest BCUT2D eigenvalue weighted by molar-refractivity contribution is 0.0701. The standard InChI is InChI=1S/C14H15NO4S2/c1-8-4-5-9(2)11(6-8)21(18,19)15-12-7-10(3)13(20-12)14(16)17/h4-7,15H,1-3H3,(H,16,17). The van der Waals surface area contributed by atoms with Crippen LogP contribution in [0.4, 0.5) is 5.00 Å². The third-order valence-electron chi connectivity index (χ3n) is 2.98. The second-order valence-electron chi connectivity index (χ2n) is 4.80. The summed E-state index contributed by atoms with van der Waals surface area (Å²) in [6.45, 7) is 5.17. The van der Waals surface area contributed by atoms with E-state index in [1.54, 1.807) is 26.0 Å². The zero-order chi connectivity index (χ0) is 15.8. The largest absolute Gasteiger partial charge is 0.477 e. The Morgan fingerprint density at radius 3 is 2.38 bits per heavy atom. The van der Waals surface area contributed by atoms with Crippen LogP contribution in [-0.4, -0.2) is 19.5 Å². The van der Waals surface area contributed by atoms with E-state index in [1.165, 1.54) is 6.07 Å². The normalized spacial score (nSPS) is 11.4. The number of aryl methyl sites for hydroxylation is 3. The summed E-state index contributed by atoms with van der Waals surface area (Å²) in [5.74, 6) is -1.06. The van der Waals surface area contributed by atoms with Gasteiger partial charge in [-0.3, -0.25) is 4.72 Å². The van der Waals surface area contributed by atoms with E-state index >= 15 is 0 Å². The topological polar surface area (TPSA) is 83.5 Å². The minimum Gasteiger partial charge on any atom is -0.477 e. The maximum atomic E-state index is 12.4. The number of thiophene rings is 1. The predicted octanol–water partition coefficient (Wildman–Crippen LogP) is 3.17. The van der Waals surface area contributed by atoms with Gasteiger partial charge in [0.15, 0.2) is 0 Å². The van der Waals surface area contributed by atoms with Gasteiger partial charge >= 0.3 is 5.97 Å². The quantitative estimate of drug-likeness (QED) is 0.904. The van der Waals surface area contributed by atoms with Gasteiger partial charge in [-0.05, 0) is 49.6 Å². The average Bonchev–Trinajstić information content (AvgIpc) is 2.72. The molecule has 21 heavy (non-hydrogen) atoms. The second-order valence-corrected chi connectivity index (χ2v) is 7.51. The Morgan fingerprint density at radius 2 is 1.81 bits per heavy atom. The van der Waals surface area contributed by atoms with Gasteiger partial charge in [0.1, 0.15) is 9.88 Å². The number of sulfonamides is 1. The Bertz CT molecular complexity index is 806.